The highest BCUT2D eigenvalue weighted by molar-refractivity contribution is 7.09. The Bertz CT molecular complexity index is 758. The van der Waals surface area contributed by atoms with Gasteiger partial charge in [-0.25, -0.2) is 4.98 Å². The summed E-state index contributed by atoms with van der Waals surface area (Å²) in [5, 5.41) is 8.80. The predicted molar refractivity (Wildman–Crippen MR) is 100 cm³/mol. The lowest BCUT2D eigenvalue weighted by Crippen LogP contribution is -2.16. The van der Waals surface area contributed by atoms with Crippen molar-refractivity contribution in [3.05, 3.63) is 52.9 Å². The molecule has 0 saturated carbocycles. The quantitative estimate of drug-likeness (QED) is 0.667. The number of thiophene rings is 1. The van der Waals surface area contributed by atoms with Crippen molar-refractivity contribution in [3.8, 4) is 11.4 Å². The van der Waals surface area contributed by atoms with Crippen LogP contribution in [0.1, 0.15) is 25.1 Å². The van der Waals surface area contributed by atoms with Crippen LogP contribution in [0.3, 0.4) is 0 Å². The first-order valence-corrected chi connectivity index (χ1v) is 8.96. The van der Waals surface area contributed by atoms with Gasteiger partial charge in [0, 0.05) is 23.2 Å². The highest BCUT2D eigenvalue weighted by atomic mass is 32.1. The Labute approximate surface area is 146 Å². The van der Waals surface area contributed by atoms with E-state index in [4.69, 9.17) is 0 Å². The van der Waals surface area contributed by atoms with Gasteiger partial charge < -0.3 is 10.6 Å². The Hall–Kier alpha value is -2.47. The molecule has 24 heavy (non-hydrogen) atoms. The van der Waals surface area contributed by atoms with E-state index in [0.29, 0.717) is 12.0 Å². The SMILES string of the molecule is CC[C@H](C)Nc1nc(NCc2cccs2)cc(-c2ccccn2)n1. The van der Waals surface area contributed by atoms with Crippen LogP contribution in [0.25, 0.3) is 11.4 Å². The first-order valence-electron chi connectivity index (χ1n) is 8.08. The van der Waals surface area contributed by atoms with Gasteiger partial charge in [0.05, 0.1) is 17.9 Å². The molecule has 124 valence electrons. The summed E-state index contributed by atoms with van der Waals surface area (Å²) < 4.78 is 0. The fourth-order valence-corrected chi connectivity index (χ4v) is 2.81. The van der Waals surface area contributed by atoms with Crippen molar-refractivity contribution >= 4 is 23.1 Å². The van der Waals surface area contributed by atoms with Gasteiger partial charge in [-0.1, -0.05) is 19.1 Å². The van der Waals surface area contributed by atoms with Crippen molar-refractivity contribution < 1.29 is 0 Å². The molecule has 0 spiro atoms. The molecule has 0 unspecified atom stereocenters. The lowest BCUT2D eigenvalue weighted by molar-refractivity contribution is 0.753. The molecule has 3 heterocycles. The van der Waals surface area contributed by atoms with E-state index in [-0.39, 0.29) is 0 Å². The molecule has 3 rings (SSSR count). The predicted octanol–water partition coefficient (Wildman–Crippen LogP) is 4.42. The van der Waals surface area contributed by atoms with Crippen molar-refractivity contribution in [2.75, 3.05) is 10.6 Å². The molecule has 0 aliphatic carbocycles. The number of rotatable bonds is 7. The third kappa shape index (κ3) is 4.29. The normalized spacial score (nSPS) is 11.9. The zero-order chi connectivity index (χ0) is 16.8. The van der Waals surface area contributed by atoms with E-state index in [1.165, 1.54) is 4.88 Å². The van der Waals surface area contributed by atoms with Gasteiger partial charge in [0.2, 0.25) is 5.95 Å². The molecule has 6 heteroatoms. The van der Waals surface area contributed by atoms with Gasteiger partial charge in [0.25, 0.3) is 0 Å². The minimum atomic E-state index is 0.314. The van der Waals surface area contributed by atoms with E-state index in [9.17, 15) is 0 Å². The van der Waals surface area contributed by atoms with Crippen LogP contribution in [0.4, 0.5) is 11.8 Å². The van der Waals surface area contributed by atoms with Crippen LogP contribution >= 0.6 is 11.3 Å². The maximum absolute atomic E-state index is 4.61. The second-order valence-corrected chi connectivity index (χ2v) is 6.60. The zero-order valence-corrected chi connectivity index (χ0v) is 14.7. The Kier molecular flexibility index (Phi) is 5.38. The topological polar surface area (TPSA) is 62.7 Å². The summed E-state index contributed by atoms with van der Waals surface area (Å²) >= 11 is 1.73. The third-order valence-electron chi connectivity index (χ3n) is 3.67. The molecule has 0 fully saturated rings. The van der Waals surface area contributed by atoms with E-state index >= 15 is 0 Å². The maximum Gasteiger partial charge on any atom is 0.225 e. The number of aromatic nitrogens is 3. The fraction of sp³-hybridized carbons (Fsp3) is 0.278. The average Bonchev–Trinajstić information content (AvgIpc) is 3.14. The molecule has 5 nitrogen and oxygen atoms in total. The minimum absolute atomic E-state index is 0.314. The molecular formula is C18H21N5S. The van der Waals surface area contributed by atoms with Crippen molar-refractivity contribution in [2.45, 2.75) is 32.9 Å². The highest BCUT2D eigenvalue weighted by Crippen LogP contribution is 2.21. The number of pyridine rings is 1. The van der Waals surface area contributed by atoms with Crippen LogP contribution < -0.4 is 10.6 Å². The Morgan fingerprint density at radius 2 is 2.04 bits per heavy atom. The smallest absolute Gasteiger partial charge is 0.225 e. The van der Waals surface area contributed by atoms with E-state index in [2.05, 4.69) is 56.9 Å². The number of hydrogen-bond acceptors (Lipinski definition) is 6. The number of nitrogens with zero attached hydrogens (tertiary/aromatic N) is 3. The summed E-state index contributed by atoms with van der Waals surface area (Å²) in [6.45, 7) is 5.00. The standard InChI is InChI=1S/C18H21N5S/c1-3-13(2)21-18-22-16(15-8-4-5-9-19-15)11-17(23-18)20-12-14-7-6-10-24-14/h4-11,13H,3,12H2,1-2H3,(H2,20,21,22,23)/t13-/m0/s1. The number of anilines is 2. The summed E-state index contributed by atoms with van der Waals surface area (Å²) in [5.74, 6) is 1.42. The molecule has 0 radical (unpaired) electrons. The van der Waals surface area contributed by atoms with Crippen LogP contribution in [0, 0.1) is 0 Å². The molecule has 0 aromatic carbocycles. The summed E-state index contributed by atoms with van der Waals surface area (Å²) in [4.78, 5) is 14.9. The van der Waals surface area contributed by atoms with E-state index < -0.39 is 0 Å². The van der Waals surface area contributed by atoms with Crippen LogP contribution in [-0.2, 0) is 6.54 Å². The number of hydrogen-bond donors (Lipinski definition) is 2. The van der Waals surface area contributed by atoms with Crippen LogP contribution in [0.5, 0.6) is 0 Å². The monoisotopic (exact) mass is 339 g/mol. The van der Waals surface area contributed by atoms with Gasteiger partial charge >= 0.3 is 0 Å². The lowest BCUT2D eigenvalue weighted by atomic mass is 10.2. The van der Waals surface area contributed by atoms with Crippen molar-refractivity contribution in [3.63, 3.8) is 0 Å². The maximum atomic E-state index is 4.61. The molecule has 0 bridgehead atoms. The summed E-state index contributed by atoms with van der Waals surface area (Å²) in [6.07, 6.45) is 2.78. The van der Waals surface area contributed by atoms with Gasteiger partial charge in [0.1, 0.15) is 5.82 Å². The first-order chi connectivity index (χ1) is 11.7. The van der Waals surface area contributed by atoms with Crippen LogP contribution in [-0.4, -0.2) is 21.0 Å². The second kappa shape index (κ2) is 7.88. The molecule has 3 aromatic heterocycles. The largest absolute Gasteiger partial charge is 0.365 e. The van der Waals surface area contributed by atoms with E-state index in [1.807, 2.05) is 24.3 Å². The molecule has 3 aromatic rings. The Balaban J connectivity index is 1.87. The molecule has 1 atom stereocenters. The van der Waals surface area contributed by atoms with Gasteiger partial charge in [-0.2, -0.15) is 4.98 Å². The summed E-state index contributed by atoms with van der Waals surface area (Å²) in [5.41, 5.74) is 1.65. The van der Waals surface area contributed by atoms with Crippen molar-refractivity contribution in [2.24, 2.45) is 0 Å². The minimum Gasteiger partial charge on any atom is -0.365 e. The molecule has 0 saturated heterocycles. The second-order valence-electron chi connectivity index (χ2n) is 5.56. The Morgan fingerprint density at radius 3 is 2.75 bits per heavy atom. The molecule has 0 aliphatic heterocycles. The molecule has 0 aliphatic rings. The van der Waals surface area contributed by atoms with Crippen molar-refractivity contribution in [1.82, 2.24) is 15.0 Å². The summed E-state index contributed by atoms with van der Waals surface area (Å²) in [7, 11) is 0. The number of nitrogens with one attached hydrogen (secondary N) is 2. The lowest BCUT2D eigenvalue weighted by Gasteiger charge is -2.14. The van der Waals surface area contributed by atoms with E-state index in [0.717, 1.165) is 30.2 Å². The van der Waals surface area contributed by atoms with Crippen LogP contribution in [0.15, 0.2) is 48.0 Å². The van der Waals surface area contributed by atoms with Gasteiger partial charge in [-0.3, -0.25) is 4.98 Å². The van der Waals surface area contributed by atoms with E-state index in [1.54, 1.807) is 17.5 Å². The van der Waals surface area contributed by atoms with Gasteiger partial charge in [0.15, 0.2) is 0 Å². The first kappa shape index (κ1) is 16.4. The van der Waals surface area contributed by atoms with Crippen LogP contribution in [0.2, 0.25) is 0 Å². The molecular weight excluding hydrogens is 318 g/mol. The average molecular weight is 339 g/mol. The Morgan fingerprint density at radius 1 is 1.12 bits per heavy atom. The summed E-state index contributed by atoms with van der Waals surface area (Å²) in [6, 6.07) is 12.2. The molecule has 2 N–H and O–H groups in total. The van der Waals surface area contributed by atoms with Gasteiger partial charge in [-0.15, -0.1) is 11.3 Å². The zero-order valence-electron chi connectivity index (χ0n) is 13.9. The fourth-order valence-electron chi connectivity index (χ4n) is 2.16. The van der Waals surface area contributed by atoms with Gasteiger partial charge in [-0.05, 0) is 36.9 Å². The highest BCUT2D eigenvalue weighted by Gasteiger charge is 2.09. The molecule has 0 amide bonds. The van der Waals surface area contributed by atoms with Crippen molar-refractivity contribution in [1.29, 1.82) is 0 Å². The third-order valence-corrected chi connectivity index (χ3v) is 4.54.